The van der Waals surface area contributed by atoms with E-state index in [0.717, 1.165) is 0 Å². The average Bonchev–Trinajstić information content (AvgIpc) is 2.16. The molecule has 0 N–H and O–H groups in total. The molecule has 2 nitrogen and oxygen atoms in total. The quantitative estimate of drug-likeness (QED) is 0.380. The third kappa shape index (κ3) is 5.21. The Balaban J connectivity index is 4.71. The summed E-state index contributed by atoms with van der Waals surface area (Å²) in [6.07, 6.45) is 5.08. The Morgan fingerprint density at radius 2 is 2.07 bits per heavy atom. The fourth-order valence-electron chi connectivity index (χ4n) is 1.06. The molecule has 0 rings (SSSR count). The van der Waals surface area contributed by atoms with Crippen molar-refractivity contribution in [3.63, 3.8) is 0 Å². The van der Waals surface area contributed by atoms with Crippen LogP contribution in [-0.4, -0.2) is 12.4 Å². The van der Waals surface area contributed by atoms with E-state index in [9.17, 15) is 4.79 Å². The number of ether oxygens (including phenoxy) is 1. The third-order valence-electron chi connectivity index (χ3n) is 1.76. The molecule has 84 valence electrons. The molecule has 0 fully saturated rings. The summed E-state index contributed by atoms with van der Waals surface area (Å²) in [6, 6.07) is 0. The van der Waals surface area contributed by atoms with Crippen molar-refractivity contribution >= 4 is 5.78 Å². The smallest absolute Gasteiger partial charge is 0.163 e. The number of Topliss-reactive ketones (excluding diaryl/α,β-unsaturated/α-hetero) is 1. The lowest BCUT2D eigenvalue weighted by molar-refractivity contribution is -0.113. The maximum Gasteiger partial charge on any atom is 0.163 e. The molecule has 0 radical (unpaired) electrons. The van der Waals surface area contributed by atoms with E-state index in [0.29, 0.717) is 23.9 Å². The fraction of sp³-hybridized carbons (Fsp3) is 0.462. The Morgan fingerprint density at radius 1 is 1.47 bits per heavy atom. The molecule has 15 heavy (non-hydrogen) atoms. The van der Waals surface area contributed by atoms with Gasteiger partial charge in [-0.15, -0.1) is 0 Å². The van der Waals surface area contributed by atoms with Crippen LogP contribution < -0.4 is 0 Å². The first-order chi connectivity index (χ1) is 7.02. The Labute approximate surface area is 92.3 Å². The van der Waals surface area contributed by atoms with E-state index in [1.165, 1.54) is 6.92 Å². The van der Waals surface area contributed by atoms with Crippen LogP contribution >= 0.6 is 0 Å². The second kappa shape index (κ2) is 7.04. The number of carbonyl (C=O) groups is 1. The standard InChI is InChI=1S/C13H20O2/c1-6-8-12(11(5)14)13(7-2)15-9-10(3)4/h6-8,10H,1,9H2,2-5H3/b12-8-,13-7+. The van der Waals surface area contributed by atoms with Crippen molar-refractivity contribution in [2.45, 2.75) is 27.7 Å². The lowest BCUT2D eigenvalue weighted by Gasteiger charge is -2.13. The monoisotopic (exact) mass is 208 g/mol. The second-order valence-corrected chi connectivity index (χ2v) is 3.73. The van der Waals surface area contributed by atoms with Crippen LogP contribution in [0.5, 0.6) is 0 Å². The number of rotatable bonds is 6. The topological polar surface area (TPSA) is 26.3 Å². The summed E-state index contributed by atoms with van der Waals surface area (Å²) in [5.74, 6) is 1.07. The van der Waals surface area contributed by atoms with Gasteiger partial charge in [0.05, 0.1) is 12.2 Å². The lowest BCUT2D eigenvalue weighted by atomic mass is 10.1. The van der Waals surface area contributed by atoms with Gasteiger partial charge in [0.15, 0.2) is 5.78 Å². The molecule has 2 heteroatoms. The number of allylic oxidation sites excluding steroid dienone is 4. The predicted molar refractivity (Wildman–Crippen MR) is 63.5 cm³/mol. The molecular weight excluding hydrogens is 188 g/mol. The van der Waals surface area contributed by atoms with Crippen molar-refractivity contribution in [3.05, 3.63) is 36.1 Å². The average molecular weight is 208 g/mol. The highest BCUT2D eigenvalue weighted by Crippen LogP contribution is 2.14. The molecule has 0 saturated carbocycles. The molecule has 0 aromatic rings. The molecular formula is C13H20O2. The van der Waals surface area contributed by atoms with Crippen LogP contribution in [0.25, 0.3) is 0 Å². The van der Waals surface area contributed by atoms with E-state index in [1.54, 1.807) is 18.2 Å². The van der Waals surface area contributed by atoms with Crippen LogP contribution in [0.1, 0.15) is 27.7 Å². The van der Waals surface area contributed by atoms with Crippen LogP contribution in [0.15, 0.2) is 36.1 Å². The highest BCUT2D eigenvalue weighted by atomic mass is 16.5. The zero-order valence-electron chi connectivity index (χ0n) is 10.0. The van der Waals surface area contributed by atoms with E-state index < -0.39 is 0 Å². The molecule has 0 bridgehead atoms. The molecule has 0 aromatic carbocycles. The fourth-order valence-corrected chi connectivity index (χ4v) is 1.06. The highest BCUT2D eigenvalue weighted by Gasteiger charge is 2.10. The van der Waals surface area contributed by atoms with Crippen LogP contribution in [0, 0.1) is 5.92 Å². The largest absolute Gasteiger partial charge is 0.493 e. The Morgan fingerprint density at radius 3 is 2.40 bits per heavy atom. The minimum Gasteiger partial charge on any atom is -0.493 e. The maximum absolute atomic E-state index is 11.3. The van der Waals surface area contributed by atoms with Gasteiger partial charge < -0.3 is 4.74 Å². The molecule has 0 aliphatic rings. The summed E-state index contributed by atoms with van der Waals surface area (Å²) in [5, 5.41) is 0. The first kappa shape index (κ1) is 13.7. The minimum absolute atomic E-state index is 0.00763. The second-order valence-electron chi connectivity index (χ2n) is 3.73. The summed E-state index contributed by atoms with van der Waals surface area (Å²) in [7, 11) is 0. The molecule has 0 aliphatic carbocycles. The Hall–Kier alpha value is -1.31. The van der Waals surface area contributed by atoms with Gasteiger partial charge in [-0.2, -0.15) is 0 Å². The summed E-state index contributed by atoms with van der Waals surface area (Å²) >= 11 is 0. The van der Waals surface area contributed by atoms with Gasteiger partial charge in [0.25, 0.3) is 0 Å². The summed E-state index contributed by atoms with van der Waals surface area (Å²) in [5.41, 5.74) is 0.577. The van der Waals surface area contributed by atoms with Crippen molar-refractivity contribution in [2.75, 3.05) is 6.61 Å². The van der Waals surface area contributed by atoms with E-state index in [1.807, 2.05) is 6.92 Å². The number of hydrogen-bond donors (Lipinski definition) is 0. The van der Waals surface area contributed by atoms with Gasteiger partial charge in [0.1, 0.15) is 5.76 Å². The molecule has 0 spiro atoms. The van der Waals surface area contributed by atoms with Crippen LogP contribution in [0.3, 0.4) is 0 Å². The first-order valence-corrected chi connectivity index (χ1v) is 5.16. The third-order valence-corrected chi connectivity index (χ3v) is 1.76. The molecule has 0 heterocycles. The summed E-state index contributed by atoms with van der Waals surface area (Å²) < 4.78 is 5.55. The summed E-state index contributed by atoms with van der Waals surface area (Å²) in [6.45, 7) is 11.7. The van der Waals surface area contributed by atoms with Gasteiger partial charge in [0, 0.05) is 0 Å². The Kier molecular flexibility index (Phi) is 6.43. The SMILES string of the molecule is C=C/C=C(C(C)=O)\C(=C/C)OCC(C)C. The molecule has 0 atom stereocenters. The zero-order chi connectivity index (χ0) is 11.8. The maximum atomic E-state index is 11.3. The molecule has 0 saturated heterocycles. The van der Waals surface area contributed by atoms with Gasteiger partial charge in [-0.1, -0.05) is 26.5 Å². The lowest BCUT2D eigenvalue weighted by Crippen LogP contribution is -2.07. The normalized spacial score (nSPS) is 12.9. The summed E-state index contributed by atoms with van der Waals surface area (Å²) in [4.78, 5) is 11.3. The number of carbonyl (C=O) groups excluding carboxylic acids is 1. The van der Waals surface area contributed by atoms with Crippen LogP contribution in [0.2, 0.25) is 0 Å². The van der Waals surface area contributed by atoms with Gasteiger partial charge in [-0.25, -0.2) is 0 Å². The van der Waals surface area contributed by atoms with Crippen molar-refractivity contribution in [1.29, 1.82) is 0 Å². The van der Waals surface area contributed by atoms with Gasteiger partial charge in [0.2, 0.25) is 0 Å². The first-order valence-electron chi connectivity index (χ1n) is 5.16. The van der Waals surface area contributed by atoms with E-state index in [4.69, 9.17) is 4.74 Å². The predicted octanol–water partition coefficient (Wildman–Crippen LogP) is 3.26. The number of hydrogen-bond acceptors (Lipinski definition) is 2. The van der Waals surface area contributed by atoms with Crippen LogP contribution in [-0.2, 0) is 9.53 Å². The van der Waals surface area contributed by atoms with Crippen molar-refractivity contribution < 1.29 is 9.53 Å². The van der Waals surface area contributed by atoms with Gasteiger partial charge in [-0.3, -0.25) is 4.79 Å². The molecule has 0 amide bonds. The van der Waals surface area contributed by atoms with Crippen LogP contribution in [0.4, 0.5) is 0 Å². The van der Waals surface area contributed by atoms with E-state index in [-0.39, 0.29) is 5.78 Å². The van der Waals surface area contributed by atoms with Crippen molar-refractivity contribution in [2.24, 2.45) is 5.92 Å². The Bertz CT molecular complexity index is 283. The molecule has 0 aromatic heterocycles. The minimum atomic E-state index is -0.00763. The van der Waals surface area contributed by atoms with Crippen molar-refractivity contribution in [3.8, 4) is 0 Å². The van der Waals surface area contributed by atoms with Crippen molar-refractivity contribution in [1.82, 2.24) is 0 Å². The molecule has 0 unspecified atom stereocenters. The highest BCUT2D eigenvalue weighted by molar-refractivity contribution is 5.97. The zero-order valence-corrected chi connectivity index (χ0v) is 10.0. The van der Waals surface area contributed by atoms with E-state index >= 15 is 0 Å². The van der Waals surface area contributed by atoms with Gasteiger partial charge >= 0.3 is 0 Å². The number of ketones is 1. The molecule has 0 aliphatic heterocycles. The van der Waals surface area contributed by atoms with Gasteiger partial charge in [-0.05, 0) is 31.9 Å². The van der Waals surface area contributed by atoms with E-state index in [2.05, 4.69) is 20.4 Å².